The summed E-state index contributed by atoms with van der Waals surface area (Å²) in [6.07, 6.45) is 3.99. The van der Waals surface area contributed by atoms with Gasteiger partial charge in [-0.15, -0.1) is 0 Å². The number of amides is 3. The van der Waals surface area contributed by atoms with Crippen LogP contribution in [-0.2, 0) is 14.4 Å². The van der Waals surface area contributed by atoms with Gasteiger partial charge in [-0.1, -0.05) is 12.8 Å². The highest BCUT2D eigenvalue weighted by atomic mass is 16.2. The molecule has 0 aromatic rings. The van der Waals surface area contributed by atoms with Crippen LogP contribution in [0.1, 0.15) is 32.1 Å². The minimum absolute atomic E-state index is 0.0437. The van der Waals surface area contributed by atoms with Gasteiger partial charge in [0.25, 0.3) is 0 Å². The summed E-state index contributed by atoms with van der Waals surface area (Å²) in [6, 6.07) is 0. The summed E-state index contributed by atoms with van der Waals surface area (Å²) in [7, 11) is 0. The van der Waals surface area contributed by atoms with Crippen molar-refractivity contribution in [3.05, 3.63) is 0 Å². The Morgan fingerprint density at radius 2 is 1.62 bits per heavy atom. The predicted octanol–water partition coefficient (Wildman–Crippen LogP) is -0.0165. The highest BCUT2D eigenvalue weighted by molar-refractivity contribution is 6.05. The van der Waals surface area contributed by atoms with E-state index in [1.54, 1.807) is 0 Å². The number of hydrogen-bond donors (Lipinski definition) is 1. The Labute approximate surface area is 124 Å². The zero-order valence-electron chi connectivity index (χ0n) is 12.3. The van der Waals surface area contributed by atoms with E-state index in [4.69, 9.17) is 0 Å². The molecule has 21 heavy (non-hydrogen) atoms. The second kappa shape index (κ2) is 6.13. The van der Waals surface area contributed by atoms with Crippen molar-refractivity contribution in [1.29, 1.82) is 0 Å². The molecule has 1 N–H and O–H groups in total. The molecule has 2 heterocycles. The van der Waals surface area contributed by atoms with Crippen LogP contribution in [0.25, 0.3) is 0 Å². The maximum Gasteiger partial charge on any atom is 0.233 e. The first kappa shape index (κ1) is 14.5. The number of nitrogens with one attached hydrogen (secondary N) is 1. The van der Waals surface area contributed by atoms with Gasteiger partial charge in [-0.25, -0.2) is 0 Å². The Morgan fingerprint density at radius 3 is 2.19 bits per heavy atom. The molecule has 3 rings (SSSR count). The Bertz CT molecular complexity index is 421. The number of likely N-dealkylation sites (tertiary alicyclic amines) is 1. The second-order valence-electron chi connectivity index (χ2n) is 6.21. The van der Waals surface area contributed by atoms with Crippen molar-refractivity contribution in [2.24, 2.45) is 11.8 Å². The third kappa shape index (κ3) is 2.81. The van der Waals surface area contributed by atoms with E-state index in [0.717, 1.165) is 38.8 Å². The maximum atomic E-state index is 12.3. The first-order chi connectivity index (χ1) is 10.2. The molecule has 3 fully saturated rings. The number of fused-ring (bicyclic) bond motifs is 1. The van der Waals surface area contributed by atoms with Crippen LogP contribution in [-0.4, -0.2) is 60.2 Å². The van der Waals surface area contributed by atoms with Crippen molar-refractivity contribution in [2.75, 3.05) is 32.7 Å². The summed E-state index contributed by atoms with van der Waals surface area (Å²) in [6.45, 7) is 3.32. The summed E-state index contributed by atoms with van der Waals surface area (Å²) in [5, 5.41) is 3.20. The first-order valence-electron chi connectivity index (χ1n) is 8.02. The van der Waals surface area contributed by atoms with Gasteiger partial charge in [0.1, 0.15) is 0 Å². The Morgan fingerprint density at radius 1 is 1.05 bits per heavy atom. The SMILES string of the molecule is O=C(CCN1C(=O)[C@H]2CCCC[C@@H]2C1=O)N1CCNCC1. The second-order valence-corrected chi connectivity index (χ2v) is 6.21. The average molecular weight is 293 g/mol. The summed E-state index contributed by atoms with van der Waals surface area (Å²) in [5.41, 5.74) is 0. The van der Waals surface area contributed by atoms with E-state index < -0.39 is 0 Å². The highest BCUT2D eigenvalue weighted by Crippen LogP contribution is 2.37. The minimum Gasteiger partial charge on any atom is -0.340 e. The normalized spacial score (nSPS) is 29.7. The molecular formula is C15H23N3O3. The van der Waals surface area contributed by atoms with Gasteiger partial charge in [-0.05, 0) is 12.8 Å². The topological polar surface area (TPSA) is 69.7 Å². The molecule has 3 aliphatic rings. The number of imide groups is 1. The molecule has 2 aliphatic heterocycles. The largest absolute Gasteiger partial charge is 0.340 e. The molecule has 116 valence electrons. The third-order valence-corrected chi connectivity index (χ3v) is 4.95. The third-order valence-electron chi connectivity index (χ3n) is 4.95. The van der Waals surface area contributed by atoms with Gasteiger partial charge >= 0.3 is 0 Å². The number of carbonyl (C=O) groups is 3. The number of piperazine rings is 1. The molecule has 2 atom stereocenters. The number of hydrogen-bond acceptors (Lipinski definition) is 4. The Hall–Kier alpha value is -1.43. The van der Waals surface area contributed by atoms with Gasteiger partial charge < -0.3 is 10.2 Å². The molecular weight excluding hydrogens is 270 g/mol. The van der Waals surface area contributed by atoms with Crippen LogP contribution in [0, 0.1) is 11.8 Å². The lowest BCUT2D eigenvalue weighted by molar-refractivity contribution is -0.141. The van der Waals surface area contributed by atoms with Crippen LogP contribution in [0.15, 0.2) is 0 Å². The van der Waals surface area contributed by atoms with Crippen molar-refractivity contribution < 1.29 is 14.4 Å². The molecule has 0 bridgehead atoms. The fourth-order valence-corrected chi connectivity index (χ4v) is 3.73. The summed E-state index contributed by atoms with van der Waals surface area (Å²) >= 11 is 0. The van der Waals surface area contributed by atoms with E-state index in [-0.39, 0.29) is 42.5 Å². The van der Waals surface area contributed by atoms with Crippen molar-refractivity contribution in [1.82, 2.24) is 15.1 Å². The van der Waals surface area contributed by atoms with Gasteiger partial charge in [-0.2, -0.15) is 0 Å². The van der Waals surface area contributed by atoms with Crippen LogP contribution in [0.5, 0.6) is 0 Å². The number of rotatable bonds is 3. The maximum absolute atomic E-state index is 12.3. The fourth-order valence-electron chi connectivity index (χ4n) is 3.73. The molecule has 1 saturated carbocycles. The monoisotopic (exact) mass is 293 g/mol. The number of nitrogens with zero attached hydrogens (tertiary/aromatic N) is 2. The standard InChI is InChI=1S/C15H23N3O3/c19-13(17-9-6-16-7-10-17)5-8-18-14(20)11-3-1-2-4-12(11)15(18)21/h11-12,16H,1-10H2/t11-,12-/m0/s1. The molecule has 0 spiro atoms. The lowest BCUT2D eigenvalue weighted by Gasteiger charge is -2.28. The van der Waals surface area contributed by atoms with Crippen molar-refractivity contribution in [3.8, 4) is 0 Å². The van der Waals surface area contributed by atoms with Crippen LogP contribution < -0.4 is 5.32 Å². The Balaban J connectivity index is 1.56. The molecule has 6 heteroatoms. The molecule has 3 amide bonds. The van der Waals surface area contributed by atoms with Crippen LogP contribution >= 0.6 is 0 Å². The molecule has 1 aliphatic carbocycles. The highest BCUT2D eigenvalue weighted by Gasteiger charge is 2.47. The van der Waals surface area contributed by atoms with E-state index in [1.807, 2.05) is 4.90 Å². The van der Waals surface area contributed by atoms with Crippen molar-refractivity contribution >= 4 is 17.7 Å². The minimum atomic E-state index is -0.111. The van der Waals surface area contributed by atoms with E-state index >= 15 is 0 Å². The van der Waals surface area contributed by atoms with Gasteiger partial charge in [-0.3, -0.25) is 19.3 Å². The van der Waals surface area contributed by atoms with Gasteiger partial charge in [0.15, 0.2) is 0 Å². The summed E-state index contributed by atoms with van der Waals surface area (Å²) in [4.78, 5) is 39.9. The van der Waals surface area contributed by atoms with Crippen molar-refractivity contribution in [3.63, 3.8) is 0 Å². The zero-order valence-corrected chi connectivity index (χ0v) is 12.3. The van der Waals surface area contributed by atoms with Crippen LogP contribution in [0.3, 0.4) is 0 Å². The first-order valence-corrected chi connectivity index (χ1v) is 8.02. The average Bonchev–Trinajstić information content (AvgIpc) is 2.78. The zero-order chi connectivity index (χ0) is 14.8. The molecule has 0 radical (unpaired) electrons. The molecule has 0 aromatic heterocycles. The van der Waals surface area contributed by atoms with E-state index in [0.29, 0.717) is 13.1 Å². The summed E-state index contributed by atoms with van der Waals surface area (Å²) in [5.74, 6) is -0.260. The number of carbonyl (C=O) groups excluding carboxylic acids is 3. The van der Waals surface area contributed by atoms with Gasteiger partial charge in [0, 0.05) is 39.1 Å². The quantitative estimate of drug-likeness (QED) is 0.743. The van der Waals surface area contributed by atoms with Crippen molar-refractivity contribution in [2.45, 2.75) is 32.1 Å². The summed E-state index contributed by atoms with van der Waals surface area (Å²) < 4.78 is 0. The van der Waals surface area contributed by atoms with E-state index in [9.17, 15) is 14.4 Å². The molecule has 2 saturated heterocycles. The lowest BCUT2D eigenvalue weighted by Crippen LogP contribution is -2.47. The van der Waals surface area contributed by atoms with Gasteiger partial charge in [0.2, 0.25) is 17.7 Å². The predicted molar refractivity (Wildman–Crippen MR) is 76.2 cm³/mol. The molecule has 6 nitrogen and oxygen atoms in total. The Kier molecular flexibility index (Phi) is 4.24. The van der Waals surface area contributed by atoms with E-state index in [2.05, 4.69) is 5.32 Å². The van der Waals surface area contributed by atoms with Crippen LogP contribution in [0.2, 0.25) is 0 Å². The fraction of sp³-hybridized carbons (Fsp3) is 0.800. The van der Waals surface area contributed by atoms with E-state index in [1.165, 1.54) is 4.90 Å². The lowest BCUT2D eigenvalue weighted by atomic mass is 9.81. The van der Waals surface area contributed by atoms with Gasteiger partial charge in [0.05, 0.1) is 11.8 Å². The molecule has 0 aromatic carbocycles. The smallest absolute Gasteiger partial charge is 0.233 e. The molecule has 0 unspecified atom stereocenters. The van der Waals surface area contributed by atoms with Crippen LogP contribution in [0.4, 0.5) is 0 Å².